The molecule has 3 rings (SSSR count). The Bertz CT molecular complexity index is 411. The number of nitrogens with one attached hydrogen (secondary N) is 1. The Morgan fingerprint density at radius 2 is 2.19 bits per heavy atom. The summed E-state index contributed by atoms with van der Waals surface area (Å²) in [6.07, 6.45) is 3.41. The maximum absolute atomic E-state index is 6.31. The highest BCUT2D eigenvalue weighted by Crippen LogP contribution is 2.45. The molecule has 1 saturated carbocycles. The molecule has 0 aromatic carbocycles. The molecule has 88 valence electrons. The lowest BCUT2D eigenvalue weighted by atomic mass is 10.0. The van der Waals surface area contributed by atoms with E-state index in [9.17, 15) is 0 Å². The summed E-state index contributed by atoms with van der Waals surface area (Å²) in [6, 6.07) is 0.523. The molecule has 16 heavy (non-hydrogen) atoms. The van der Waals surface area contributed by atoms with Crippen LogP contribution in [0.15, 0.2) is 0 Å². The van der Waals surface area contributed by atoms with Gasteiger partial charge in [-0.1, -0.05) is 0 Å². The molecule has 1 aromatic heterocycles. The van der Waals surface area contributed by atoms with Crippen LogP contribution in [0.4, 0.5) is 0 Å². The van der Waals surface area contributed by atoms with Crippen molar-refractivity contribution >= 4 is 0 Å². The summed E-state index contributed by atoms with van der Waals surface area (Å²) in [5.74, 6) is 0. The van der Waals surface area contributed by atoms with E-state index in [4.69, 9.17) is 10.8 Å². The van der Waals surface area contributed by atoms with Crippen LogP contribution < -0.4 is 11.1 Å². The lowest BCUT2D eigenvalue weighted by Gasteiger charge is -2.13. The van der Waals surface area contributed by atoms with Gasteiger partial charge >= 0.3 is 0 Å². The third kappa shape index (κ3) is 1.40. The molecule has 1 unspecified atom stereocenters. The zero-order valence-corrected chi connectivity index (χ0v) is 10.1. The number of nitrogens with zero attached hydrogens (tertiary/aromatic N) is 2. The SMILES string of the molecule is Cc1nn(C2CCNC2)c(C)c1C1(N)CC1. The molecule has 2 aliphatic rings. The fraction of sp³-hybridized carbons (Fsp3) is 0.750. The van der Waals surface area contributed by atoms with Crippen LogP contribution in [-0.4, -0.2) is 22.9 Å². The maximum Gasteiger partial charge on any atom is 0.0658 e. The van der Waals surface area contributed by atoms with Crippen molar-refractivity contribution in [3.63, 3.8) is 0 Å². The zero-order chi connectivity index (χ0) is 11.3. The van der Waals surface area contributed by atoms with Crippen molar-refractivity contribution in [3.05, 3.63) is 17.0 Å². The Labute approximate surface area is 96.2 Å². The monoisotopic (exact) mass is 220 g/mol. The van der Waals surface area contributed by atoms with Gasteiger partial charge in [-0.2, -0.15) is 5.10 Å². The molecule has 0 radical (unpaired) electrons. The van der Waals surface area contributed by atoms with E-state index < -0.39 is 0 Å². The van der Waals surface area contributed by atoms with Gasteiger partial charge in [0.2, 0.25) is 0 Å². The van der Waals surface area contributed by atoms with Crippen LogP contribution in [0, 0.1) is 13.8 Å². The smallest absolute Gasteiger partial charge is 0.0658 e. The largest absolute Gasteiger partial charge is 0.321 e. The number of hydrogen-bond donors (Lipinski definition) is 2. The van der Waals surface area contributed by atoms with Crippen LogP contribution in [0.2, 0.25) is 0 Å². The molecule has 1 aliphatic heterocycles. The summed E-state index contributed by atoms with van der Waals surface area (Å²) in [5.41, 5.74) is 9.97. The average molecular weight is 220 g/mol. The molecule has 1 aliphatic carbocycles. The Kier molecular flexibility index (Phi) is 2.13. The molecule has 1 saturated heterocycles. The van der Waals surface area contributed by atoms with E-state index in [2.05, 4.69) is 23.8 Å². The molecule has 3 N–H and O–H groups in total. The molecule has 4 heteroatoms. The second kappa shape index (κ2) is 3.31. The van der Waals surface area contributed by atoms with Crippen molar-refractivity contribution in [1.29, 1.82) is 0 Å². The number of hydrogen-bond acceptors (Lipinski definition) is 3. The number of aromatic nitrogens is 2. The van der Waals surface area contributed by atoms with Crippen molar-refractivity contribution in [1.82, 2.24) is 15.1 Å². The Morgan fingerprint density at radius 3 is 2.75 bits per heavy atom. The van der Waals surface area contributed by atoms with Crippen molar-refractivity contribution in [2.45, 2.75) is 44.7 Å². The molecule has 1 aromatic rings. The Morgan fingerprint density at radius 1 is 1.44 bits per heavy atom. The molecular formula is C12H20N4. The van der Waals surface area contributed by atoms with Gasteiger partial charge in [-0.15, -0.1) is 0 Å². The molecule has 0 bridgehead atoms. The van der Waals surface area contributed by atoms with Crippen LogP contribution in [0.5, 0.6) is 0 Å². The van der Waals surface area contributed by atoms with Gasteiger partial charge in [0.1, 0.15) is 0 Å². The standard InChI is InChI=1S/C12H20N4/c1-8-11(12(13)4-5-12)9(2)16(15-8)10-3-6-14-7-10/h10,14H,3-7,13H2,1-2H3. The fourth-order valence-electron chi connectivity index (χ4n) is 2.97. The number of aryl methyl sites for hydroxylation is 1. The van der Waals surface area contributed by atoms with Gasteiger partial charge in [-0.05, 0) is 39.7 Å². The molecule has 0 amide bonds. The third-order valence-corrected chi connectivity index (χ3v) is 3.99. The average Bonchev–Trinajstić information content (AvgIpc) is 2.68. The van der Waals surface area contributed by atoms with Crippen molar-refractivity contribution in [3.8, 4) is 0 Å². The van der Waals surface area contributed by atoms with E-state index in [1.807, 2.05) is 0 Å². The van der Waals surface area contributed by atoms with Gasteiger partial charge in [0.25, 0.3) is 0 Å². The highest BCUT2D eigenvalue weighted by Gasteiger charge is 2.44. The first-order chi connectivity index (χ1) is 7.62. The minimum absolute atomic E-state index is 0.0571. The van der Waals surface area contributed by atoms with Crippen LogP contribution in [0.1, 0.15) is 42.3 Å². The zero-order valence-electron chi connectivity index (χ0n) is 10.1. The van der Waals surface area contributed by atoms with Gasteiger partial charge in [0.15, 0.2) is 0 Å². The van der Waals surface area contributed by atoms with Gasteiger partial charge in [-0.25, -0.2) is 0 Å². The summed E-state index contributed by atoms with van der Waals surface area (Å²) >= 11 is 0. The predicted molar refractivity (Wildman–Crippen MR) is 63.3 cm³/mol. The van der Waals surface area contributed by atoms with Crippen molar-refractivity contribution < 1.29 is 0 Å². The van der Waals surface area contributed by atoms with Crippen LogP contribution in [0.25, 0.3) is 0 Å². The van der Waals surface area contributed by atoms with Gasteiger partial charge in [0.05, 0.1) is 11.7 Å². The molecule has 2 heterocycles. The van der Waals surface area contributed by atoms with Gasteiger partial charge < -0.3 is 11.1 Å². The first-order valence-corrected chi connectivity index (χ1v) is 6.17. The van der Waals surface area contributed by atoms with E-state index in [0.29, 0.717) is 6.04 Å². The van der Waals surface area contributed by atoms with Crippen LogP contribution in [-0.2, 0) is 5.54 Å². The third-order valence-electron chi connectivity index (χ3n) is 3.99. The minimum Gasteiger partial charge on any atom is -0.321 e. The highest BCUT2D eigenvalue weighted by atomic mass is 15.3. The van der Waals surface area contributed by atoms with Crippen molar-refractivity contribution in [2.24, 2.45) is 5.73 Å². The summed E-state index contributed by atoms with van der Waals surface area (Å²) < 4.78 is 2.19. The molecule has 2 fully saturated rings. The minimum atomic E-state index is -0.0571. The van der Waals surface area contributed by atoms with Gasteiger partial charge in [0, 0.05) is 23.3 Å². The normalized spacial score (nSPS) is 27.3. The van der Waals surface area contributed by atoms with E-state index in [1.54, 1.807) is 0 Å². The van der Waals surface area contributed by atoms with E-state index in [-0.39, 0.29) is 5.54 Å². The quantitative estimate of drug-likeness (QED) is 0.781. The van der Waals surface area contributed by atoms with E-state index in [1.165, 1.54) is 17.7 Å². The van der Waals surface area contributed by atoms with Gasteiger partial charge in [-0.3, -0.25) is 4.68 Å². The molecule has 1 atom stereocenters. The Balaban J connectivity index is 2.01. The molecule has 4 nitrogen and oxygen atoms in total. The number of nitrogens with two attached hydrogens (primary N) is 1. The summed E-state index contributed by atoms with van der Waals surface area (Å²) in [4.78, 5) is 0. The molecule has 0 spiro atoms. The van der Waals surface area contributed by atoms with Crippen molar-refractivity contribution in [2.75, 3.05) is 13.1 Å². The van der Waals surface area contributed by atoms with Crippen LogP contribution in [0.3, 0.4) is 0 Å². The van der Waals surface area contributed by atoms with Crippen LogP contribution >= 0.6 is 0 Å². The summed E-state index contributed by atoms with van der Waals surface area (Å²) in [7, 11) is 0. The first-order valence-electron chi connectivity index (χ1n) is 6.17. The second-order valence-corrected chi connectivity index (χ2v) is 5.29. The lowest BCUT2D eigenvalue weighted by Crippen LogP contribution is -2.21. The predicted octanol–water partition coefficient (Wildman–Crippen LogP) is 0.982. The van der Waals surface area contributed by atoms with E-state index >= 15 is 0 Å². The maximum atomic E-state index is 6.31. The molecular weight excluding hydrogens is 200 g/mol. The summed E-state index contributed by atoms with van der Waals surface area (Å²) in [6.45, 7) is 6.40. The van der Waals surface area contributed by atoms with E-state index in [0.717, 1.165) is 31.6 Å². The Hall–Kier alpha value is -0.870. The second-order valence-electron chi connectivity index (χ2n) is 5.29. The summed E-state index contributed by atoms with van der Waals surface area (Å²) in [5, 5.41) is 8.08. The fourth-order valence-corrected chi connectivity index (χ4v) is 2.97. The lowest BCUT2D eigenvalue weighted by molar-refractivity contribution is 0.476. The number of rotatable bonds is 2. The topological polar surface area (TPSA) is 55.9 Å². The first kappa shape index (κ1) is 10.3. The highest BCUT2D eigenvalue weighted by molar-refractivity contribution is 5.37.